The van der Waals surface area contributed by atoms with Crippen molar-refractivity contribution >= 4 is 17.5 Å². The van der Waals surface area contributed by atoms with Crippen LogP contribution in [0.3, 0.4) is 0 Å². The molecule has 10 heteroatoms. The van der Waals surface area contributed by atoms with Gasteiger partial charge in [-0.2, -0.15) is 13.2 Å². The van der Waals surface area contributed by atoms with Crippen molar-refractivity contribution in [3.63, 3.8) is 0 Å². The summed E-state index contributed by atoms with van der Waals surface area (Å²) < 4.78 is 48.8. The van der Waals surface area contributed by atoms with Crippen molar-refractivity contribution in [2.45, 2.75) is 31.5 Å². The molecule has 2 heterocycles. The number of carbonyl (C=O) groups is 2. The van der Waals surface area contributed by atoms with Crippen LogP contribution in [0, 0.1) is 0 Å². The molecule has 2 amide bonds. The Morgan fingerprint density at radius 2 is 1.79 bits per heavy atom. The molecule has 0 saturated carbocycles. The zero-order chi connectivity index (χ0) is 24.1. The van der Waals surface area contributed by atoms with E-state index >= 15 is 0 Å². The third kappa shape index (κ3) is 5.73. The van der Waals surface area contributed by atoms with E-state index in [0.717, 1.165) is 24.8 Å². The molecule has 2 aliphatic heterocycles. The van der Waals surface area contributed by atoms with Crippen molar-refractivity contribution in [3.8, 4) is 11.5 Å². The number of rotatable bonds is 6. The molecule has 2 aliphatic rings. The molecule has 4 rings (SSSR count). The van der Waals surface area contributed by atoms with E-state index in [1.54, 1.807) is 23.1 Å². The number of halogens is 3. The van der Waals surface area contributed by atoms with Crippen LogP contribution in [0.2, 0.25) is 0 Å². The van der Waals surface area contributed by atoms with E-state index in [0.29, 0.717) is 36.9 Å². The van der Waals surface area contributed by atoms with E-state index in [2.05, 4.69) is 5.32 Å². The number of fused-ring (bicyclic) bond motifs is 1. The van der Waals surface area contributed by atoms with E-state index < -0.39 is 18.6 Å². The molecular formula is C24H26F3N3O4. The highest BCUT2D eigenvalue weighted by atomic mass is 19.4. The molecule has 0 bridgehead atoms. The number of nitrogens with zero attached hydrogens (tertiary/aromatic N) is 1. The van der Waals surface area contributed by atoms with Gasteiger partial charge < -0.3 is 25.0 Å². The summed E-state index contributed by atoms with van der Waals surface area (Å²) in [4.78, 5) is 27.0. The van der Waals surface area contributed by atoms with Crippen LogP contribution >= 0.6 is 0 Å². The highest BCUT2D eigenvalue weighted by Crippen LogP contribution is 2.38. The molecule has 2 aromatic rings. The van der Waals surface area contributed by atoms with Crippen LogP contribution in [0.1, 0.15) is 41.2 Å². The van der Waals surface area contributed by atoms with Gasteiger partial charge in [0.05, 0.1) is 31.4 Å². The summed E-state index contributed by atoms with van der Waals surface area (Å²) in [5.74, 6) is 0.338. The number of ether oxygens (including phenoxy) is 2. The Morgan fingerprint density at radius 3 is 2.59 bits per heavy atom. The Hall–Kier alpha value is -3.43. The van der Waals surface area contributed by atoms with Crippen molar-refractivity contribution in [3.05, 3.63) is 53.6 Å². The quantitative estimate of drug-likeness (QED) is 0.660. The average molecular weight is 477 g/mol. The van der Waals surface area contributed by atoms with Crippen molar-refractivity contribution in [1.82, 2.24) is 10.2 Å². The maximum atomic E-state index is 13.0. The number of benzene rings is 2. The van der Waals surface area contributed by atoms with Crippen LogP contribution < -0.4 is 20.1 Å². The first kappa shape index (κ1) is 23.7. The lowest BCUT2D eigenvalue weighted by Gasteiger charge is -2.26. The highest BCUT2D eigenvalue weighted by molar-refractivity contribution is 6.00. The van der Waals surface area contributed by atoms with E-state index in [4.69, 9.17) is 9.47 Å². The summed E-state index contributed by atoms with van der Waals surface area (Å²) in [6.07, 6.45) is -2.05. The minimum atomic E-state index is -4.51. The predicted molar refractivity (Wildman–Crippen MR) is 119 cm³/mol. The highest BCUT2D eigenvalue weighted by Gasteiger charge is 2.31. The van der Waals surface area contributed by atoms with Gasteiger partial charge in [-0.3, -0.25) is 9.59 Å². The number of likely N-dealkylation sites (tertiary alicyclic amines) is 1. The smallest absolute Gasteiger partial charge is 0.405 e. The summed E-state index contributed by atoms with van der Waals surface area (Å²) in [7, 11) is 0. The van der Waals surface area contributed by atoms with Crippen LogP contribution in [0.5, 0.6) is 11.5 Å². The van der Waals surface area contributed by atoms with Crippen molar-refractivity contribution in [1.29, 1.82) is 0 Å². The second-order valence-electron chi connectivity index (χ2n) is 8.20. The molecule has 0 aliphatic carbocycles. The lowest BCUT2D eigenvalue weighted by molar-refractivity contribution is -0.130. The maximum absolute atomic E-state index is 13.0. The van der Waals surface area contributed by atoms with Gasteiger partial charge in [0.25, 0.3) is 5.91 Å². The monoisotopic (exact) mass is 477 g/mol. The molecule has 2 aromatic carbocycles. The number of carbonyl (C=O) groups excluding carboxylic acids is 2. The number of anilines is 1. The second-order valence-corrected chi connectivity index (χ2v) is 8.20. The summed E-state index contributed by atoms with van der Waals surface area (Å²) in [6, 6.07) is 11.8. The third-order valence-electron chi connectivity index (χ3n) is 5.78. The molecule has 1 fully saturated rings. The Kier molecular flexibility index (Phi) is 7.14. The Bertz CT molecular complexity index is 1040. The average Bonchev–Trinajstić information content (AvgIpc) is 3.19. The van der Waals surface area contributed by atoms with E-state index in [1.807, 2.05) is 23.5 Å². The van der Waals surface area contributed by atoms with Crippen molar-refractivity contribution in [2.75, 3.05) is 38.2 Å². The number of alkyl halides is 3. The summed E-state index contributed by atoms with van der Waals surface area (Å²) in [5.41, 5.74) is 1.30. The number of hydrogen-bond donors (Lipinski definition) is 2. The van der Waals surface area contributed by atoms with E-state index in [-0.39, 0.29) is 24.1 Å². The minimum Gasteiger partial charge on any atom is -0.490 e. The standard InChI is InChI=1S/C24H26F3N3O4/c25-24(26,27)15-29-23(32)17-5-1-2-6-18(17)28-14-22(31)30-10-3-7-19(30)16-8-9-20-21(13-16)34-12-4-11-33-20/h1-2,5-6,8-9,13,19,28H,3-4,7,10-12,14-15H2,(H,29,32). The van der Waals surface area contributed by atoms with Crippen LogP contribution in [-0.2, 0) is 4.79 Å². The zero-order valence-corrected chi connectivity index (χ0v) is 18.5. The van der Waals surface area contributed by atoms with Crippen molar-refractivity contribution in [2.24, 2.45) is 0 Å². The molecule has 34 heavy (non-hydrogen) atoms. The van der Waals surface area contributed by atoms with Gasteiger partial charge in [-0.15, -0.1) is 0 Å². The molecule has 182 valence electrons. The normalized spacial score (nSPS) is 17.7. The summed E-state index contributed by atoms with van der Waals surface area (Å²) >= 11 is 0. The number of hydrogen-bond acceptors (Lipinski definition) is 5. The van der Waals surface area contributed by atoms with Crippen LogP contribution in [0.4, 0.5) is 18.9 Å². The number of para-hydroxylation sites is 1. The van der Waals surface area contributed by atoms with Gasteiger partial charge in [-0.05, 0) is 42.7 Å². The van der Waals surface area contributed by atoms with Crippen LogP contribution in [0.25, 0.3) is 0 Å². The molecular weight excluding hydrogens is 451 g/mol. The first-order chi connectivity index (χ1) is 16.3. The molecule has 2 N–H and O–H groups in total. The fraction of sp³-hybridized carbons (Fsp3) is 0.417. The van der Waals surface area contributed by atoms with Crippen LogP contribution in [0.15, 0.2) is 42.5 Å². The van der Waals surface area contributed by atoms with Crippen molar-refractivity contribution < 1.29 is 32.2 Å². The van der Waals surface area contributed by atoms with Gasteiger partial charge >= 0.3 is 6.18 Å². The van der Waals surface area contributed by atoms with E-state index in [1.165, 1.54) is 6.07 Å². The largest absolute Gasteiger partial charge is 0.490 e. The van der Waals surface area contributed by atoms with Gasteiger partial charge in [0, 0.05) is 18.7 Å². The molecule has 0 radical (unpaired) electrons. The van der Waals surface area contributed by atoms with Crippen LogP contribution in [-0.4, -0.2) is 55.7 Å². The Labute approximate surface area is 195 Å². The zero-order valence-electron chi connectivity index (χ0n) is 18.5. The summed E-state index contributed by atoms with van der Waals surface area (Å²) in [5, 5.41) is 4.78. The first-order valence-corrected chi connectivity index (χ1v) is 11.2. The molecule has 0 spiro atoms. The fourth-order valence-electron chi connectivity index (χ4n) is 4.18. The molecule has 1 unspecified atom stereocenters. The van der Waals surface area contributed by atoms with Gasteiger partial charge in [-0.1, -0.05) is 18.2 Å². The Balaban J connectivity index is 1.42. The third-order valence-corrected chi connectivity index (χ3v) is 5.78. The Morgan fingerprint density at radius 1 is 1.03 bits per heavy atom. The topological polar surface area (TPSA) is 79.9 Å². The number of nitrogens with one attached hydrogen (secondary N) is 2. The SMILES string of the molecule is O=C(NCC(F)(F)F)c1ccccc1NCC(=O)N1CCCC1c1ccc2c(c1)OCCCO2. The molecule has 0 aromatic heterocycles. The first-order valence-electron chi connectivity index (χ1n) is 11.2. The van der Waals surface area contributed by atoms with E-state index in [9.17, 15) is 22.8 Å². The molecule has 7 nitrogen and oxygen atoms in total. The van der Waals surface area contributed by atoms with Gasteiger partial charge in [0.1, 0.15) is 6.54 Å². The lowest BCUT2D eigenvalue weighted by Crippen LogP contribution is -2.36. The fourth-order valence-corrected chi connectivity index (χ4v) is 4.18. The summed E-state index contributed by atoms with van der Waals surface area (Å²) in [6.45, 7) is 0.243. The predicted octanol–water partition coefficient (Wildman–Crippen LogP) is 3.92. The maximum Gasteiger partial charge on any atom is 0.405 e. The van der Waals surface area contributed by atoms with Gasteiger partial charge in [-0.25, -0.2) is 0 Å². The molecule has 1 saturated heterocycles. The minimum absolute atomic E-state index is 0.0421. The second kappa shape index (κ2) is 10.2. The number of amides is 2. The molecule has 1 atom stereocenters. The van der Waals surface area contributed by atoms with Gasteiger partial charge in [0.2, 0.25) is 5.91 Å². The lowest BCUT2D eigenvalue weighted by atomic mass is 10.0. The van der Waals surface area contributed by atoms with Gasteiger partial charge in [0.15, 0.2) is 11.5 Å².